The number of nitrogens with zero attached hydrogens (tertiary/aromatic N) is 1. The van der Waals surface area contributed by atoms with E-state index in [0.29, 0.717) is 36.2 Å². The molecule has 0 atom stereocenters. The highest BCUT2D eigenvalue weighted by Gasteiger charge is 2.23. The maximum absolute atomic E-state index is 13.2. The Morgan fingerprint density at radius 2 is 2.04 bits per heavy atom. The van der Waals surface area contributed by atoms with Crippen LogP contribution in [-0.4, -0.2) is 46.2 Å². The molecule has 1 aliphatic rings. The van der Waals surface area contributed by atoms with Crippen LogP contribution in [0.4, 0.5) is 10.4 Å². The lowest BCUT2D eigenvalue weighted by atomic mass is 9.86. The first kappa shape index (κ1) is 20.0. The number of fused-ring (bicyclic) bond motifs is 1. The zero-order valence-electron chi connectivity index (χ0n) is 15.2. The number of halogens is 1. The number of methoxy groups -OCH3 is 1. The second-order valence-corrected chi connectivity index (χ2v) is 8.32. The van der Waals surface area contributed by atoms with E-state index in [1.807, 2.05) is 0 Å². The lowest BCUT2D eigenvalue weighted by Crippen LogP contribution is -2.41. The molecule has 3 rings (SSSR count). The number of hydrogen-bond donors (Lipinski definition) is 3. The van der Waals surface area contributed by atoms with Gasteiger partial charge in [-0.25, -0.2) is 9.11 Å². The molecule has 0 spiro atoms. The molecular formula is C17H25FN4O4S. The van der Waals surface area contributed by atoms with Crippen molar-refractivity contribution >= 4 is 27.3 Å². The third-order valence-electron chi connectivity index (χ3n) is 4.69. The Hall–Kier alpha value is -1.75. The summed E-state index contributed by atoms with van der Waals surface area (Å²) in [6, 6.07) is 4.85. The summed E-state index contributed by atoms with van der Waals surface area (Å²) in [7, 11) is -1.96. The van der Waals surface area contributed by atoms with Crippen LogP contribution in [0.25, 0.3) is 11.1 Å². The van der Waals surface area contributed by atoms with Gasteiger partial charge in [0.05, 0.1) is 6.61 Å². The molecule has 3 N–H and O–H groups in total. The number of nitrogens with one attached hydrogen (secondary N) is 3. The number of hydrogen-bond acceptors (Lipinski definition) is 6. The Balaban J connectivity index is 1.43. The molecule has 0 unspecified atom stereocenters. The summed E-state index contributed by atoms with van der Waals surface area (Å²) in [6.45, 7) is 0.994. The van der Waals surface area contributed by atoms with Crippen LogP contribution in [0.1, 0.15) is 25.7 Å². The van der Waals surface area contributed by atoms with Crippen molar-refractivity contribution in [3.8, 4) is 0 Å². The summed E-state index contributed by atoms with van der Waals surface area (Å²) < 4.78 is 52.3. The topological polar surface area (TPSA) is 105 Å². The van der Waals surface area contributed by atoms with Gasteiger partial charge in [0.1, 0.15) is 11.3 Å². The fourth-order valence-corrected chi connectivity index (χ4v) is 4.11. The molecule has 1 saturated carbocycles. The second-order valence-electron chi connectivity index (χ2n) is 6.73. The Kier molecular flexibility index (Phi) is 6.64. The van der Waals surface area contributed by atoms with Crippen LogP contribution in [0.15, 0.2) is 22.6 Å². The standard InChI is InChI=1S/C17H25FN4O4S/c1-25-9-8-19-27(23,24)20-11-12-2-5-14(6-3-12)21-17-22-15-7-4-13(18)10-16(15)26-17/h4,7,10,12,14,19-20H,2-3,5-6,8-9,11H2,1H3,(H,21,22). The number of aromatic nitrogens is 1. The highest BCUT2D eigenvalue weighted by Crippen LogP contribution is 2.27. The molecule has 150 valence electrons. The van der Waals surface area contributed by atoms with Crippen LogP contribution in [0, 0.1) is 11.7 Å². The van der Waals surface area contributed by atoms with Crippen LogP contribution in [0.3, 0.4) is 0 Å². The first-order valence-electron chi connectivity index (χ1n) is 9.01. The second kappa shape index (κ2) is 8.96. The molecule has 0 amide bonds. The average Bonchev–Trinajstić information content (AvgIpc) is 3.02. The zero-order chi connectivity index (χ0) is 19.3. The Morgan fingerprint density at radius 3 is 2.78 bits per heavy atom. The highest BCUT2D eigenvalue weighted by atomic mass is 32.2. The normalized spacial score (nSPS) is 20.8. The number of anilines is 1. The number of rotatable bonds is 9. The zero-order valence-corrected chi connectivity index (χ0v) is 16.0. The van der Waals surface area contributed by atoms with Crippen molar-refractivity contribution < 1.29 is 22.0 Å². The predicted molar refractivity (Wildman–Crippen MR) is 100 cm³/mol. The van der Waals surface area contributed by atoms with Crippen molar-refractivity contribution in [3.05, 3.63) is 24.0 Å². The number of ether oxygens (including phenoxy) is 1. The van der Waals surface area contributed by atoms with E-state index in [1.165, 1.54) is 19.2 Å². The van der Waals surface area contributed by atoms with E-state index in [4.69, 9.17) is 9.15 Å². The third-order valence-corrected chi connectivity index (χ3v) is 5.82. The molecular weight excluding hydrogens is 375 g/mol. The Bertz CT molecular complexity index is 850. The summed E-state index contributed by atoms with van der Waals surface area (Å²) in [5.41, 5.74) is 1.03. The lowest BCUT2D eigenvalue weighted by molar-refractivity contribution is 0.204. The maximum Gasteiger partial charge on any atom is 0.295 e. The van der Waals surface area contributed by atoms with Gasteiger partial charge in [0.15, 0.2) is 5.58 Å². The van der Waals surface area contributed by atoms with Gasteiger partial charge in [-0.15, -0.1) is 0 Å². The fourth-order valence-electron chi connectivity index (χ4n) is 3.20. The summed E-state index contributed by atoms with van der Waals surface area (Å²) >= 11 is 0. The maximum atomic E-state index is 13.2. The van der Waals surface area contributed by atoms with Crippen LogP contribution >= 0.6 is 0 Å². The molecule has 1 fully saturated rings. The van der Waals surface area contributed by atoms with E-state index in [1.54, 1.807) is 6.07 Å². The molecule has 0 radical (unpaired) electrons. The summed E-state index contributed by atoms with van der Waals surface area (Å²) in [6.07, 6.45) is 3.56. The smallest absolute Gasteiger partial charge is 0.295 e. The minimum absolute atomic E-state index is 0.204. The molecule has 8 nitrogen and oxygen atoms in total. The minimum atomic E-state index is -3.48. The van der Waals surface area contributed by atoms with Crippen molar-refractivity contribution in [2.75, 3.05) is 32.1 Å². The fraction of sp³-hybridized carbons (Fsp3) is 0.588. The van der Waals surface area contributed by atoms with E-state index in [9.17, 15) is 12.8 Å². The van der Waals surface area contributed by atoms with Gasteiger partial charge >= 0.3 is 0 Å². The van der Waals surface area contributed by atoms with E-state index in [-0.39, 0.29) is 18.4 Å². The largest absolute Gasteiger partial charge is 0.423 e. The summed E-state index contributed by atoms with van der Waals surface area (Å²) in [5.74, 6) is -0.0651. The molecule has 2 aromatic rings. The molecule has 1 aromatic heterocycles. The van der Waals surface area contributed by atoms with Gasteiger partial charge in [-0.1, -0.05) is 0 Å². The van der Waals surface area contributed by atoms with E-state index >= 15 is 0 Å². The molecule has 1 aromatic carbocycles. The quantitative estimate of drug-likeness (QED) is 0.556. The molecule has 0 aliphatic heterocycles. The minimum Gasteiger partial charge on any atom is -0.423 e. The van der Waals surface area contributed by atoms with Crippen LogP contribution < -0.4 is 14.8 Å². The molecule has 10 heteroatoms. The van der Waals surface area contributed by atoms with E-state index < -0.39 is 10.2 Å². The van der Waals surface area contributed by atoms with Crippen LogP contribution in [0.5, 0.6) is 0 Å². The highest BCUT2D eigenvalue weighted by molar-refractivity contribution is 7.87. The first-order chi connectivity index (χ1) is 12.9. The number of oxazole rings is 1. The van der Waals surface area contributed by atoms with Crippen LogP contribution in [-0.2, 0) is 14.9 Å². The van der Waals surface area contributed by atoms with E-state index in [2.05, 4.69) is 19.7 Å². The molecule has 1 aliphatic carbocycles. The van der Waals surface area contributed by atoms with E-state index in [0.717, 1.165) is 25.7 Å². The Morgan fingerprint density at radius 1 is 1.26 bits per heavy atom. The molecule has 0 bridgehead atoms. The van der Waals surface area contributed by atoms with Gasteiger partial charge in [0, 0.05) is 32.3 Å². The number of benzene rings is 1. The van der Waals surface area contributed by atoms with Crippen molar-refractivity contribution in [1.82, 2.24) is 14.4 Å². The monoisotopic (exact) mass is 400 g/mol. The summed E-state index contributed by atoms with van der Waals surface area (Å²) in [5, 5.41) is 3.25. The third kappa shape index (κ3) is 5.86. The van der Waals surface area contributed by atoms with Crippen molar-refractivity contribution in [1.29, 1.82) is 0 Å². The van der Waals surface area contributed by atoms with Crippen molar-refractivity contribution in [3.63, 3.8) is 0 Å². The SMILES string of the molecule is COCCNS(=O)(=O)NCC1CCC(Nc2nc3ccc(F)cc3o2)CC1. The van der Waals surface area contributed by atoms with Gasteiger partial charge in [-0.3, -0.25) is 0 Å². The van der Waals surface area contributed by atoms with Crippen molar-refractivity contribution in [2.24, 2.45) is 5.92 Å². The first-order valence-corrected chi connectivity index (χ1v) is 10.5. The van der Waals surface area contributed by atoms with Gasteiger partial charge in [0.25, 0.3) is 16.2 Å². The molecule has 27 heavy (non-hydrogen) atoms. The van der Waals surface area contributed by atoms with Crippen molar-refractivity contribution in [2.45, 2.75) is 31.7 Å². The molecule has 1 heterocycles. The summed E-state index contributed by atoms with van der Waals surface area (Å²) in [4.78, 5) is 4.32. The lowest BCUT2D eigenvalue weighted by Gasteiger charge is -2.28. The predicted octanol–water partition coefficient (Wildman–Crippen LogP) is 2.01. The molecule has 0 saturated heterocycles. The van der Waals surface area contributed by atoms with Gasteiger partial charge in [0.2, 0.25) is 0 Å². The van der Waals surface area contributed by atoms with Gasteiger partial charge in [-0.05, 0) is 43.7 Å². The van der Waals surface area contributed by atoms with Gasteiger partial charge < -0.3 is 14.5 Å². The Labute approximate surface area is 158 Å². The average molecular weight is 400 g/mol. The van der Waals surface area contributed by atoms with Gasteiger partial charge in [-0.2, -0.15) is 18.1 Å². The van der Waals surface area contributed by atoms with Crippen LogP contribution in [0.2, 0.25) is 0 Å².